The molecule has 2 aromatic rings. The van der Waals surface area contributed by atoms with Gasteiger partial charge in [-0.25, -0.2) is 0 Å². The molecule has 2 aromatic carbocycles. The Morgan fingerprint density at radius 1 is 0.957 bits per heavy atom. The highest BCUT2D eigenvalue weighted by Gasteiger charge is 2.56. The average molecular weight is 322 g/mol. The van der Waals surface area contributed by atoms with Crippen LogP contribution in [0.15, 0.2) is 54.6 Å². The lowest BCUT2D eigenvalue weighted by Crippen LogP contribution is -2.44. The van der Waals surface area contributed by atoms with Gasteiger partial charge in [-0.15, -0.1) is 0 Å². The van der Waals surface area contributed by atoms with Crippen LogP contribution in [0.25, 0.3) is 11.1 Å². The van der Waals surface area contributed by atoms with Crippen molar-refractivity contribution in [2.24, 2.45) is 5.41 Å². The van der Waals surface area contributed by atoms with E-state index >= 15 is 0 Å². The Morgan fingerprint density at radius 2 is 1.48 bits per heavy atom. The molecule has 0 aliphatic carbocycles. The number of alkyl halides is 3. The van der Waals surface area contributed by atoms with Crippen molar-refractivity contribution in [1.29, 1.82) is 0 Å². The summed E-state index contributed by atoms with van der Waals surface area (Å²) in [5, 5.41) is 0. The van der Waals surface area contributed by atoms with Crippen molar-refractivity contribution in [1.82, 2.24) is 0 Å². The zero-order valence-corrected chi connectivity index (χ0v) is 12.9. The molecule has 0 N–H and O–H groups in total. The van der Waals surface area contributed by atoms with Gasteiger partial charge in [-0.05, 0) is 36.6 Å². The molecule has 23 heavy (non-hydrogen) atoms. The number of esters is 1. The van der Waals surface area contributed by atoms with Crippen LogP contribution in [0.2, 0.25) is 0 Å². The smallest absolute Gasteiger partial charge is 0.404 e. The highest BCUT2D eigenvalue weighted by atomic mass is 19.4. The third kappa shape index (κ3) is 3.55. The van der Waals surface area contributed by atoms with E-state index in [1.54, 1.807) is 12.1 Å². The minimum Gasteiger partial charge on any atom is -0.426 e. The van der Waals surface area contributed by atoms with Crippen molar-refractivity contribution in [3.05, 3.63) is 54.6 Å². The summed E-state index contributed by atoms with van der Waals surface area (Å²) in [6.45, 7) is 2.17. The van der Waals surface area contributed by atoms with Gasteiger partial charge in [0, 0.05) is 0 Å². The predicted molar refractivity (Wildman–Crippen MR) is 82.0 cm³/mol. The monoisotopic (exact) mass is 322 g/mol. The summed E-state index contributed by atoms with van der Waals surface area (Å²) in [5.41, 5.74) is -0.649. The van der Waals surface area contributed by atoms with E-state index in [1.807, 2.05) is 30.3 Å². The summed E-state index contributed by atoms with van der Waals surface area (Å²) in [4.78, 5) is 11.9. The third-order valence-corrected chi connectivity index (χ3v) is 3.96. The normalized spacial score (nSPS) is 14.1. The van der Waals surface area contributed by atoms with Gasteiger partial charge in [0.1, 0.15) is 5.75 Å². The fourth-order valence-electron chi connectivity index (χ4n) is 2.03. The maximum Gasteiger partial charge on any atom is 0.404 e. The van der Waals surface area contributed by atoms with E-state index in [1.165, 1.54) is 19.1 Å². The second kappa shape index (κ2) is 6.44. The van der Waals surface area contributed by atoms with Crippen molar-refractivity contribution < 1.29 is 22.7 Å². The fourth-order valence-corrected chi connectivity index (χ4v) is 2.03. The Morgan fingerprint density at radius 3 is 1.96 bits per heavy atom. The minimum atomic E-state index is -4.65. The molecule has 0 aliphatic rings. The van der Waals surface area contributed by atoms with Crippen LogP contribution < -0.4 is 4.74 Å². The summed E-state index contributed by atoms with van der Waals surface area (Å²) < 4.78 is 44.1. The van der Waals surface area contributed by atoms with Crippen LogP contribution in [0.5, 0.6) is 5.75 Å². The Kier molecular flexibility index (Phi) is 4.78. The maximum absolute atomic E-state index is 13.0. The largest absolute Gasteiger partial charge is 0.426 e. The van der Waals surface area contributed by atoms with E-state index in [-0.39, 0.29) is 12.2 Å². The molecule has 0 amide bonds. The molecule has 0 saturated carbocycles. The number of carbonyl (C=O) groups is 1. The van der Waals surface area contributed by atoms with Gasteiger partial charge in [-0.2, -0.15) is 13.2 Å². The van der Waals surface area contributed by atoms with Crippen LogP contribution in [0, 0.1) is 5.41 Å². The van der Waals surface area contributed by atoms with Crippen LogP contribution in [0.3, 0.4) is 0 Å². The van der Waals surface area contributed by atoms with Crippen molar-refractivity contribution in [3.8, 4) is 16.9 Å². The first-order valence-electron chi connectivity index (χ1n) is 7.22. The van der Waals surface area contributed by atoms with Crippen LogP contribution in [-0.4, -0.2) is 12.1 Å². The van der Waals surface area contributed by atoms with E-state index in [2.05, 4.69) is 0 Å². The van der Waals surface area contributed by atoms with Gasteiger partial charge in [0.15, 0.2) is 5.41 Å². The van der Waals surface area contributed by atoms with Gasteiger partial charge in [0.25, 0.3) is 0 Å². The van der Waals surface area contributed by atoms with Crippen LogP contribution in [-0.2, 0) is 4.79 Å². The van der Waals surface area contributed by atoms with Gasteiger partial charge in [0.2, 0.25) is 0 Å². The zero-order valence-electron chi connectivity index (χ0n) is 12.9. The first kappa shape index (κ1) is 17.1. The molecule has 0 saturated heterocycles. The molecule has 122 valence electrons. The number of hydrogen-bond acceptors (Lipinski definition) is 2. The van der Waals surface area contributed by atoms with E-state index in [0.29, 0.717) is 0 Å². The Balaban J connectivity index is 2.17. The number of benzene rings is 2. The summed E-state index contributed by atoms with van der Waals surface area (Å²) in [7, 11) is 0. The SMILES string of the molecule is CCC(C)(C(=O)Oc1ccc(-c2ccccc2)cc1)C(F)(F)F. The van der Waals surface area contributed by atoms with Gasteiger partial charge < -0.3 is 4.74 Å². The zero-order chi connectivity index (χ0) is 17.1. The molecule has 0 aliphatic heterocycles. The van der Waals surface area contributed by atoms with E-state index in [0.717, 1.165) is 18.1 Å². The lowest BCUT2D eigenvalue weighted by Gasteiger charge is -2.28. The number of rotatable bonds is 4. The number of carbonyl (C=O) groups excluding carboxylic acids is 1. The maximum atomic E-state index is 13.0. The molecule has 0 spiro atoms. The average Bonchev–Trinajstić information content (AvgIpc) is 2.54. The first-order chi connectivity index (χ1) is 10.8. The number of halogens is 3. The van der Waals surface area contributed by atoms with Crippen molar-refractivity contribution in [2.45, 2.75) is 26.4 Å². The lowest BCUT2D eigenvalue weighted by molar-refractivity contribution is -0.225. The number of ether oxygens (including phenoxy) is 1. The Hall–Kier alpha value is -2.30. The third-order valence-electron chi connectivity index (χ3n) is 3.96. The second-order valence-corrected chi connectivity index (χ2v) is 5.46. The molecule has 0 heterocycles. The van der Waals surface area contributed by atoms with E-state index in [9.17, 15) is 18.0 Å². The molecule has 0 aromatic heterocycles. The van der Waals surface area contributed by atoms with E-state index in [4.69, 9.17) is 4.74 Å². The Labute approximate surface area is 132 Å². The molecular weight excluding hydrogens is 305 g/mol. The summed E-state index contributed by atoms with van der Waals surface area (Å²) in [6, 6.07) is 15.9. The van der Waals surface area contributed by atoms with Crippen LogP contribution in [0.1, 0.15) is 20.3 Å². The van der Waals surface area contributed by atoms with Crippen molar-refractivity contribution in [3.63, 3.8) is 0 Å². The molecule has 0 bridgehead atoms. The van der Waals surface area contributed by atoms with Gasteiger partial charge in [-0.1, -0.05) is 49.4 Å². The number of hydrogen-bond donors (Lipinski definition) is 0. The molecular formula is C18H17F3O2. The van der Waals surface area contributed by atoms with Crippen LogP contribution in [0.4, 0.5) is 13.2 Å². The predicted octanol–water partition coefficient (Wildman–Crippen LogP) is 5.24. The first-order valence-corrected chi connectivity index (χ1v) is 7.22. The van der Waals surface area contributed by atoms with E-state index < -0.39 is 17.6 Å². The molecule has 1 atom stereocenters. The van der Waals surface area contributed by atoms with Crippen molar-refractivity contribution in [2.75, 3.05) is 0 Å². The highest BCUT2D eigenvalue weighted by Crippen LogP contribution is 2.42. The standard InChI is InChI=1S/C18H17F3O2/c1-3-17(2,18(19,20)21)16(22)23-15-11-9-14(10-12-15)13-7-5-4-6-8-13/h4-12H,3H2,1-2H3. The molecule has 0 radical (unpaired) electrons. The molecule has 0 fully saturated rings. The van der Waals surface area contributed by atoms with Crippen molar-refractivity contribution >= 4 is 5.97 Å². The molecule has 5 heteroatoms. The highest BCUT2D eigenvalue weighted by molar-refractivity contribution is 5.80. The van der Waals surface area contributed by atoms with Gasteiger partial charge in [-0.3, -0.25) is 4.79 Å². The molecule has 2 nitrogen and oxygen atoms in total. The quantitative estimate of drug-likeness (QED) is 0.568. The summed E-state index contributed by atoms with van der Waals surface area (Å²) in [6.07, 6.45) is -5.03. The van der Waals surface area contributed by atoms with Gasteiger partial charge in [0.05, 0.1) is 0 Å². The van der Waals surface area contributed by atoms with Crippen LogP contribution >= 0.6 is 0 Å². The van der Waals surface area contributed by atoms with Gasteiger partial charge >= 0.3 is 12.1 Å². The second-order valence-electron chi connectivity index (χ2n) is 5.46. The lowest BCUT2D eigenvalue weighted by atomic mass is 9.87. The minimum absolute atomic E-state index is 0.0959. The Bertz CT molecular complexity index is 663. The fraction of sp³-hybridized carbons (Fsp3) is 0.278. The topological polar surface area (TPSA) is 26.3 Å². The molecule has 2 rings (SSSR count). The molecule has 1 unspecified atom stereocenters. The summed E-state index contributed by atoms with van der Waals surface area (Å²) in [5.74, 6) is -1.20. The summed E-state index contributed by atoms with van der Waals surface area (Å²) >= 11 is 0.